The van der Waals surface area contributed by atoms with Gasteiger partial charge >= 0.3 is 106 Å². The third kappa shape index (κ3) is 8.96. The molecule has 3 heterocycles. The Labute approximate surface area is 337 Å². The predicted octanol–water partition coefficient (Wildman–Crippen LogP) is 12.8. The molecule has 2 nitrogen and oxygen atoms in total. The average molecular weight is 948 g/mol. The van der Waals surface area contributed by atoms with E-state index in [-0.39, 0.29) is 26.0 Å². The van der Waals surface area contributed by atoms with Crippen molar-refractivity contribution >= 4 is 49.2 Å². The Hall–Kier alpha value is -4.19. The summed E-state index contributed by atoms with van der Waals surface area (Å²) in [5.74, 6) is 7.07. The second kappa shape index (κ2) is 16.9. The standard InChI is InChI=1S/C33H26NS.C15H18GeN.Ir/c1-22(2)19-23-17-18-34-31(20-23)30-10-6-9-29-28-16-15-27(21-32(28)35-33(29)30)26-13-11-25(12-14-26)24-7-4-3-5-8-24;1-12-10-15(13-8-6-5-7-9-13)17-11-14(12)16(2,3)4;/h3-9,11-18,20-22H,19H2,1-2H3;5-8,10-11H,1-4H3;/q2*-1;/i19D2;;. The van der Waals surface area contributed by atoms with Crippen LogP contribution in [0.15, 0.2) is 140 Å². The van der Waals surface area contributed by atoms with Crippen LogP contribution in [0.5, 0.6) is 0 Å². The fourth-order valence-corrected chi connectivity index (χ4v) is 11.5. The molecule has 0 fully saturated rings. The van der Waals surface area contributed by atoms with Crippen LogP contribution < -0.4 is 4.40 Å². The zero-order valence-corrected chi connectivity index (χ0v) is 36.3. The molecule has 0 bridgehead atoms. The first-order chi connectivity index (χ1) is 25.9. The van der Waals surface area contributed by atoms with E-state index < -0.39 is 19.6 Å². The van der Waals surface area contributed by atoms with Crippen molar-refractivity contribution in [3.8, 4) is 44.8 Å². The largest absolute Gasteiger partial charge is 0.305 e. The molecule has 0 aliphatic heterocycles. The van der Waals surface area contributed by atoms with Crippen LogP contribution in [0.1, 0.15) is 27.7 Å². The van der Waals surface area contributed by atoms with E-state index in [4.69, 9.17) is 2.74 Å². The zero-order chi connectivity index (χ0) is 38.0. The van der Waals surface area contributed by atoms with Crippen LogP contribution in [-0.2, 0) is 26.5 Å². The summed E-state index contributed by atoms with van der Waals surface area (Å²) in [7, 11) is 0. The van der Waals surface area contributed by atoms with E-state index in [0.29, 0.717) is 5.56 Å². The maximum absolute atomic E-state index is 8.53. The first kappa shape index (κ1) is 35.8. The summed E-state index contributed by atoms with van der Waals surface area (Å²) in [6.07, 6.45) is 2.37. The van der Waals surface area contributed by atoms with E-state index in [1.165, 1.54) is 47.7 Å². The van der Waals surface area contributed by atoms with E-state index >= 15 is 0 Å². The van der Waals surface area contributed by atoms with Crippen LogP contribution in [0.4, 0.5) is 0 Å². The Bertz CT molecular complexity index is 2550. The summed E-state index contributed by atoms with van der Waals surface area (Å²) in [5, 5.41) is 2.40. The molecule has 0 saturated heterocycles. The van der Waals surface area contributed by atoms with Gasteiger partial charge in [-0.2, -0.15) is 11.3 Å². The molecule has 8 aromatic rings. The number of benzene rings is 5. The third-order valence-electron chi connectivity index (χ3n) is 9.13. The normalized spacial score (nSPS) is 12.1. The summed E-state index contributed by atoms with van der Waals surface area (Å²) in [5.41, 5.74) is 10.6. The SMILES string of the molecule is Cc1cc(-c2[c-]cccc2)nc[c]1[Ge]([CH3])([CH3])[CH3].[2H]C([2H])(c1ccnc(-c2[c-]ccc3c2sc2cc(-c4ccc(-c5ccccc5)cc4)ccc23)c1)C(C)C.[Ir]. The molecular weight excluding hydrogens is 901 g/mol. The Kier molecular flexibility index (Phi) is 11.4. The predicted molar refractivity (Wildman–Crippen MR) is 227 cm³/mol. The Morgan fingerprint density at radius 1 is 0.698 bits per heavy atom. The van der Waals surface area contributed by atoms with Gasteiger partial charge in [-0.25, -0.2) is 0 Å². The van der Waals surface area contributed by atoms with Crippen LogP contribution in [0.2, 0.25) is 17.3 Å². The van der Waals surface area contributed by atoms with Crippen LogP contribution >= 0.6 is 11.3 Å². The van der Waals surface area contributed by atoms with Crippen molar-refractivity contribution in [3.05, 3.63) is 163 Å². The molecule has 3 aromatic heterocycles. The smallest absolute Gasteiger partial charge is 0.0318 e. The zero-order valence-electron chi connectivity index (χ0n) is 33.0. The molecule has 0 aliphatic rings. The van der Waals surface area contributed by atoms with Gasteiger partial charge in [0, 0.05) is 33.7 Å². The first-order valence-electron chi connectivity index (χ1n) is 18.8. The number of hydrogen-bond acceptors (Lipinski definition) is 3. The quantitative estimate of drug-likeness (QED) is 0.118. The molecule has 53 heavy (non-hydrogen) atoms. The summed E-state index contributed by atoms with van der Waals surface area (Å²) in [6, 6.07) is 50.4. The molecule has 0 spiro atoms. The molecule has 0 saturated carbocycles. The molecule has 267 valence electrons. The fourth-order valence-electron chi connectivity index (χ4n) is 6.63. The molecule has 0 amide bonds. The molecule has 5 aromatic carbocycles. The molecule has 0 atom stereocenters. The van der Waals surface area contributed by atoms with Gasteiger partial charge in [-0.05, 0) is 62.5 Å². The molecule has 0 unspecified atom stereocenters. The van der Waals surface area contributed by atoms with E-state index in [2.05, 4.69) is 137 Å². The minimum absolute atomic E-state index is 0. The van der Waals surface area contributed by atoms with Gasteiger partial charge in [0.1, 0.15) is 0 Å². The van der Waals surface area contributed by atoms with Crippen LogP contribution in [-0.4, -0.2) is 23.2 Å². The summed E-state index contributed by atoms with van der Waals surface area (Å²) in [6.45, 7) is 6.01. The van der Waals surface area contributed by atoms with Crippen molar-refractivity contribution < 1.29 is 22.8 Å². The van der Waals surface area contributed by atoms with E-state index in [9.17, 15) is 0 Å². The number of hydrogen-bond donors (Lipinski definition) is 0. The topological polar surface area (TPSA) is 25.8 Å². The number of fused-ring (bicyclic) bond motifs is 3. The molecular formula is C48H44GeIrN2S-2. The molecule has 0 aliphatic carbocycles. The van der Waals surface area contributed by atoms with Crippen molar-refractivity contribution in [2.75, 3.05) is 0 Å². The van der Waals surface area contributed by atoms with Crippen LogP contribution in [0.3, 0.4) is 0 Å². The van der Waals surface area contributed by atoms with Crippen molar-refractivity contribution in [2.24, 2.45) is 5.92 Å². The van der Waals surface area contributed by atoms with Gasteiger partial charge in [0.15, 0.2) is 0 Å². The molecule has 0 N–H and O–H groups in total. The minimum atomic E-state index is -1.77. The van der Waals surface area contributed by atoms with Crippen molar-refractivity contribution in [1.29, 1.82) is 0 Å². The molecule has 1 radical (unpaired) electrons. The van der Waals surface area contributed by atoms with E-state index in [0.717, 1.165) is 27.2 Å². The Morgan fingerprint density at radius 3 is 2.08 bits per heavy atom. The van der Waals surface area contributed by atoms with E-state index in [1.807, 2.05) is 50.2 Å². The van der Waals surface area contributed by atoms with Gasteiger partial charge in [-0.3, -0.25) is 0 Å². The second-order valence-electron chi connectivity index (χ2n) is 14.5. The number of rotatable bonds is 7. The summed E-state index contributed by atoms with van der Waals surface area (Å²) < 4.78 is 20.9. The van der Waals surface area contributed by atoms with Crippen molar-refractivity contribution in [3.63, 3.8) is 0 Å². The summed E-state index contributed by atoms with van der Waals surface area (Å²) in [4.78, 5) is 9.20. The monoisotopic (exact) mass is 949 g/mol. The minimum Gasteiger partial charge on any atom is -0.305 e. The van der Waals surface area contributed by atoms with Crippen molar-refractivity contribution in [1.82, 2.24) is 9.97 Å². The molecule has 5 heteroatoms. The van der Waals surface area contributed by atoms with Gasteiger partial charge in [0.05, 0.1) is 0 Å². The number of thiophene rings is 1. The third-order valence-corrected chi connectivity index (χ3v) is 14.8. The average Bonchev–Trinajstić information content (AvgIpc) is 3.56. The Morgan fingerprint density at radius 2 is 1.40 bits per heavy atom. The number of aryl methyl sites for hydroxylation is 1. The van der Waals surface area contributed by atoms with Gasteiger partial charge in [0.25, 0.3) is 0 Å². The summed E-state index contributed by atoms with van der Waals surface area (Å²) >= 11 is -0.0260. The Balaban J connectivity index is 0.000000241. The van der Waals surface area contributed by atoms with Gasteiger partial charge in [-0.1, -0.05) is 97.6 Å². The number of pyridine rings is 2. The van der Waals surface area contributed by atoms with Crippen LogP contribution in [0.25, 0.3) is 64.9 Å². The fraction of sp³-hybridized carbons (Fsp3) is 0.167. The second-order valence-corrected chi connectivity index (χ2v) is 26.1. The van der Waals surface area contributed by atoms with Gasteiger partial charge in [0.2, 0.25) is 0 Å². The maximum Gasteiger partial charge on any atom is 0.0318 e. The van der Waals surface area contributed by atoms with Gasteiger partial charge in [-0.15, -0.1) is 23.8 Å². The first-order valence-corrected chi connectivity index (χ1v) is 26.0. The van der Waals surface area contributed by atoms with E-state index in [1.54, 1.807) is 23.6 Å². The van der Waals surface area contributed by atoms with Crippen LogP contribution in [0, 0.1) is 25.0 Å². The molecule has 8 rings (SSSR count). The van der Waals surface area contributed by atoms with Gasteiger partial charge < -0.3 is 4.98 Å². The van der Waals surface area contributed by atoms with Crippen molar-refractivity contribution in [2.45, 2.75) is 44.4 Å². The maximum atomic E-state index is 8.53. The number of nitrogens with zero attached hydrogens (tertiary/aromatic N) is 2. The number of aromatic nitrogens is 2.